The van der Waals surface area contributed by atoms with Crippen LogP contribution in [0.25, 0.3) is 11.2 Å². The van der Waals surface area contributed by atoms with Crippen molar-refractivity contribution in [3.8, 4) is 0 Å². The minimum absolute atomic E-state index is 0.0913. The standard InChI is InChI=1S/C11H15N6O2.Ra.H/c1-4-15-10(13)7-11(16-4)17(3-14-7)6-2-5(12)8(18)9(6)19;;/h3,5-6,8-9,18-19H,2,12H2,1H3,(H-,13,15,16);;/q-1;+1;/t5-,6+,8+,9-;;/m0../s1. The van der Waals surface area contributed by atoms with Crippen LogP contribution in [0.4, 0.5) is 5.82 Å². The molecule has 2 aromatic rings. The molecule has 4 atom stereocenters. The van der Waals surface area contributed by atoms with Crippen LogP contribution in [-0.4, -0.2) is 48.0 Å². The Morgan fingerprint density at radius 1 is 1.40 bits per heavy atom. The Morgan fingerprint density at radius 3 is 2.75 bits per heavy atom. The van der Waals surface area contributed by atoms with Crippen molar-refractivity contribution < 1.29 is 53.4 Å². The first-order valence-electron chi connectivity index (χ1n) is 6.53. The van der Waals surface area contributed by atoms with Crippen molar-refractivity contribution in [1.29, 1.82) is 0 Å². The van der Waals surface area contributed by atoms with E-state index in [-0.39, 0.29) is 49.2 Å². The van der Waals surface area contributed by atoms with Crippen LogP contribution in [0.2, 0.25) is 0 Å². The third kappa shape index (κ3) is 2.26. The summed E-state index contributed by atoms with van der Waals surface area (Å²) in [5.74, 6) is 1.39. The average Bonchev–Trinajstić information content (AvgIpc) is 2.94. The second-order valence-electron chi connectivity index (χ2n) is 5.14. The van der Waals surface area contributed by atoms with Crippen molar-refractivity contribution in [2.75, 3.05) is 0.848 Å². The average molecular weight is 490 g/mol. The number of imidazole rings is 1. The molecule has 2 aromatic heterocycles. The summed E-state index contributed by atoms with van der Waals surface area (Å²) < 4.78 is 5.00. The molecule has 1 aliphatic carbocycles. The first kappa shape index (κ1) is 14.6. The van der Waals surface area contributed by atoms with Crippen LogP contribution in [0.1, 0.15) is 18.3 Å². The van der Waals surface area contributed by atoms with Crippen molar-refractivity contribution in [3.63, 3.8) is 0 Å². The molecule has 0 radical (unpaired) electrons. The van der Waals surface area contributed by atoms with Crippen LogP contribution in [0, 0.1) is 50.1 Å². The van der Waals surface area contributed by atoms with Crippen molar-refractivity contribution in [1.82, 2.24) is 19.5 Å². The predicted molar refractivity (Wildman–Crippen MR) is 68.7 cm³/mol. The van der Waals surface area contributed by atoms with E-state index in [0.717, 1.165) is 5.82 Å². The van der Waals surface area contributed by atoms with Gasteiger partial charge in [-0.25, -0.2) is 0 Å². The van der Waals surface area contributed by atoms with Crippen molar-refractivity contribution in [3.05, 3.63) is 12.2 Å². The van der Waals surface area contributed by atoms with E-state index in [4.69, 9.17) is 5.73 Å². The molecule has 0 saturated heterocycles. The van der Waals surface area contributed by atoms with Crippen LogP contribution in [-0.2, 0) is 0 Å². The number of nitrogens with two attached hydrogens (primary N) is 1. The minimum atomic E-state index is -0.915. The fourth-order valence-electron chi connectivity index (χ4n) is 2.76. The molecule has 104 valence electrons. The van der Waals surface area contributed by atoms with Gasteiger partial charge in [-0.2, -0.15) is 0 Å². The van der Waals surface area contributed by atoms with Gasteiger partial charge in [0.05, 0.1) is 0 Å². The number of aromatic nitrogens is 4. The number of nitrogens with zero attached hydrogens (tertiary/aromatic N) is 4. The Morgan fingerprint density at radius 2 is 2.15 bits per heavy atom. The maximum atomic E-state index is 10.1. The van der Waals surface area contributed by atoms with Crippen molar-refractivity contribution in [2.45, 2.75) is 37.6 Å². The van der Waals surface area contributed by atoms with Gasteiger partial charge in [0.1, 0.15) is 0 Å². The van der Waals surface area contributed by atoms with Gasteiger partial charge in [0.25, 0.3) is 0 Å². The zero-order valence-corrected chi connectivity index (χ0v) is 19.6. The molecule has 1 saturated carbocycles. The first-order valence-corrected chi connectivity index (χ1v) is 10.6. The SMILES string of the molecule is Cc1nc([NH][RaH])c2ncn([C@@H]3C[C@H](N)[C@@H](O)[C@H]3O)c2n1. The molecule has 8 nitrogen and oxygen atoms in total. The molecule has 20 heavy (non-hydrogen) atoms. The van der Waals surface area contributed by atoms with Gasteiger partial charge in [0.15, 0.2) is 0 Å². The fourth-order valence-corrected chi connectivity index (χ4v) is 4.19. The molecule has 0 aromatic carbocycles. The van der Waals surface area contributed by atoms with E-state index in [1.807, 2.05) is 6.92 Å². The first-order chi connectivity index (χ1) is 9.52. The van der Waals surface area contributed by atoms with E-state index in [2.05, 4.69) is 15.8 Å². The molecule has 3 rings (SSSR count). The number of aliphatic hydroxyl groups excluding tert-OH is 2. The van der Waals surface area contributed by atoms with Gasteiger partial charge in [-0.05, 0) is 0 Å². The van der Waals surface area contributed by atoms with Crippen LogP contribution < -0.4 is 6.58 Å². The van der Waals surface area contributed by atoms with Gasteiger partial charge in [-0.3, -0.25) is 0 Å². The Hall–Kier alpha value is -0.302. The molecule has 0 spiro atoms. The van der Waals surface area contributed by atoms with E-state index in [9.17, 15) is 10.2 Å². The summed E-state index contributed by atoms with van der Waals surface area (Å²) in [5, 5.41) is 19.9. The van der Waals surface area contributed by atoms with Gasteiger partial charge < -0.3 is 0 Å². The summed E-state index contributed by atoms with van der Waals surface area (Å²) in [7, 11) is 0. The van der Waals surface area contributed by atoms with Gasteiger partial charge in [-0.1, -0.05) is 0 Å². The monoisotopic (exact) mass is 490 g/mol. The van der Waals surface area contributed by atoms with Crippen LogP contribution in [0.5, 0.6) is 0 Å². The Balaban J connectivity index is 2.11. The normalized spacial score (nSPS) is 29.9. The second-order valence-corrected chi connectivity index (χ2v) is 7.20. The van der Waals surface area contributed by atoms with E-state index in [1.165, 1.54) is 0 Å². The molecular weight excluding hydrogens is 474 g/mol. The van der Waals surface area contributed by atoms with E-state index < -0.39 is 18.2 Å². The number of hydrogen-bond donors (Lipinski definition) is 4. The summed E-state index contributed by atoms with van der Waals surface area (Å²) in [4.78, 5) is 13.1. The molecule has 0 bridgehead atoms. The van der Waals surface area contributed by atoms with E-state index in [0.29, 0.717) is 23.4 Å². The van der Waals surface area contributed by atoms with Gasteiger partial charge in [0.2, 0.25) is 0 Å². The number of nitrogens with one attached hydrogen (secondary N) is 1. The number of aliphatic hydroxyl groups is 2. The topological polar surface area (TPSA) is 122 Å². The molecule has 0 unspecified atom stereocenters. The molecule has 0 amide bonds. The third-order valence-electron chi connectivity index (χ3n) is 3.82. The number of fused-ring (bicyclic) bond motifs is 1. The van der Waals surface area contributed by atoms with E-state index in [1.54, 1.807) is 10.9 Å². The van der Waals surface area contributed by atoms with Gasteiger partial charge in [0, 0.05) is 0 Å². The summed E-state index contributed by atoms with van der Waals surface area (Å²) in [6, 6.07) is -0.745. The third-order valence-corrected chi connectivity index (χ3v) is 5.77. The zero-order valence-electron chi connectivity index (χ0n) is 11.4. The predicted octanol–water partition coefficient (Wildman–Crippen LogP) is -1.26. The molecule has 1 aliphatic rings. The van der Waals surface area contributed by atoms with Crippen LogP contribution in [0.15, 0.2) is 6.33 Å². The van der Waals surface area contributed by atoms with Crippen molar-refractivity contribution >= 4 is 17.0 Å². The quantitative estimate of drug-likeness (QED) is 0.415. The Bertz CT molecular complexity index is 647. The van der Waals surface area contributed by atoms with E-state index >= 15 is 0 Å². The van der Waals surface area contributed by atoms with Crippen LogP contribution in [0.3, 0.4) is 0 Å². The number of hydrogen-bond acceptors (Lipinski definition) is 7. The number of anilines is 1. The number of aryl methyl sites for hydroxylation is 1. The second kappa shape index (κ2) is 5.48. The molecule has 9 heteroatoms. The Kier molecular flexibility index (Phi) is 4.01. The molecule has 5 N–H and O–H groups in total. The summed E-state index contributed by atoms with van der Waals surface area (Å²) >= 11 is 0.0913. The summed E-state index contributed by atoms with van der Waals surface area (Å²) in [5.41, 5.74) is 7.18. The molecule has 0 aliphatic heterocycles. The maximum absolute atomic E-state index is 10.1. The van der Waals surface area contributed by atoms with Gasteiger partial charge in [-0.15, -0.1) is 0 Å². The van der Waals surface area contributed by atoms with Crippen molar-refractivity contribution in [2.24, 2.45) is 5.73 Å². The zero-order chi connectivity index (χ0) is 14.4. The molecule has 2 heterocycles. The molecular formula is C11H16N6O2Ra. The summed E-state index contributed by atoms with van der Waals surface area (Å²) in [6.07, 6.45) is 0.306. The summed E-state index contributed by atoms with van der Waals surface area (Å²) in [6.45, 7) is 1.82. The van der Waals surface area contributed by atoms with Crippen LogP contribution >= 0.6 is 0 Å². The number of rotatable bonds is 2. The molecule has 1 fully saturated rings. The Labute approximate surface area is 145 Å². The van der Waals surface area contributed by atoms with Gasteiger partial charge >= 0.3 is 146 Å². The fraction of sp³-hybridized carbons (Fsp3) is 0.545.